The molecule has 0 fully saturated rings. The number of hydrogen-bond donors (Lipinski definition) is 1. The van der Waals surface area contributed by atoms with Crippen LogP contribution in [0.5, 0.6) is 0 Å². The maximum absolute atomic E-state index is 12.0. The molecule has 1 aromatic carbocycles. The van der Waals surface area contributed by atoms with Crippen molar-refractivity contribution < 1.29 is 12.9 Å². The van der Waals surface area contributed by atoms with Crippen LogP contribution in [0.3, 0.4) is 0 Å². The fourth-order valence-electron chi connectivity index (χ4n) is 1.82. The molecule has 1 aromatic heterocycles. The number of aromatic nitrogens is 2. The SMILES string of the molecule is CC(C)Cc1noc(CCNS(=O)(=O)c2ccccc2)n1. The van der Waals surface area contributed by atoms with Crippen molar-refractivity contribution in [2.24, 2.45) is 5.92 Å². The number of nitrogens with zero attached hydrogens (tertiary/aromatic N) is 2. The Kier molecular flexibility index (Phi) is 5.08. The van der Waals surface area contributed by atoms with E-state index < -0.39 is 10.0 Å². The fraction of sp³-hybridized carbons (Fsp3) is 0.429. The minimum atomic E-state index is -3.48. The van der Waals surface area contributed by atoms with Gasteiger partial charge in [0.05, 0.1) is 4.90 Å². The van der Waals surface area contributed by atoms with Gasteiger partial charge in [0.25, 0.3) is 0 Å². The molecule has 0 saturated carbocycles. The summed E-state index contributed by atoms with van der Waals surface area (Å²) >= 11 is 0. The lowest BCUT2D eigenvalue weighted by Crippen LogP contribution is -2.26. The van der Waals surface area contributed by atoms with Gasteiger partial charge in [0.15, 0.2) is 5.82 Å². The Morgan fingerprint density at radius 1 is 1.24 bits per heavy atom. The van der Waals surface area contributed by atoms with Gasteiger partial charge in [-0.25, -0.2) is 13.1 Å². The van der Waals surface area contributed by atoms with Crippen molar-refractivity contribution in [3.05, 3.63) is 42.0 Å². The monoisotopic (exact) mass is 309 g/mol. The van der Waals surface area contributed by atoms with Crippen molar-refractivity contribution in [2.45, 2.75) is 31.6 Å². The molecule has 0 spiro atoms. The third-order valence-electron chi connectivity index (χ3n) is 2.79. The van der Waals surface area contributed by atoms with Gasteiger partial charge in [-0.15, -0.1) is 0 Å². The molecule has 7 heteroatoms. The maximum Gasteiger partial charge on any atom is 0.240 e. The Bertz CT molecular complexity index is 666. The van der Waals surface area contributed by atoms with E-state index in [1.54, 1.807) is 30.3 Å². The summed E-state index contributed by atoms with van der Waals surface area (Å²) in [6, 6.07) is 8.24. The van der Waals surface area contributed by atoms with Gasteiger partial charge in [0.1, 0.15) is 0 Å². The number of hydrogen-bond acceptors (Lipinski definition) is 5. The molecule has 6 nitrogen and oxygen atoms in total. The molecule has 1 N–H and O–H groups in total. The standard InChI is InChI=1S/C14H19N3O3S/c1-11(2)10-13-16-14(20-17-13)8-9-15-21(18,19)12-6-4-3-5-7-12/h3-7,11,15H,8-10H2,1-2H3. The summed E-state index contributed by atoms with van der Waals surface area (Å²) < 4.78 is 31.6. The molecule has 0 amide bonds. The average molecular weight is 309 g/mol. The summed E-state index contributed by atoms with van der Waals surface area (Å²) in [5.74, 6) is 1.55. The lowest BCUT2D eigenvalue weighted by atomic mass is 10.1. The first-order chi connectivity index (χ1) is 9.97. The van der Waals surface area contributed by atoms with Crippen LogP contribution in [0.25, 0.3) is 0 Å². The summed E-state index contributed by atoms with van der Waals surface area (Å²) in [5, 5.41) is 3.87. The fourth-order valence-corrected chi connectivity index (χ4v) is 2.87. The van der Waals surface area contributed by atoms with E-state index in [1.807, 2.05) is 0 Å². The van der Waals surface area contributed by atoms with Crippen molar-refractivity contribution in [1.82, 2.24) is 14.9 Å². The molecule has 2 rings (SSSR count). The van der Waals surface area contributed by atoms with Crippen LogP contribution < -0.4 is 4.72 Å². The van der Waals surface area contributed by atoms with Crippen LogP contribution in [0, 0.1) is 5.92 Å². The van der Waals surface area contributed by atoms with Gasteiger partial charge in [-0.1, -0.05) is 37.2 Å². The van der Waals surface area contributed by atoms with Crippen LogP contribution in [0.15, 0.2) is 39.8 Å². The summed E-state index contributed by atoms with van der Waals surface area (Å²) in [6.45, 7) is 4.37. The van der Waals surface area contributed by atoms with Crippen molar-refractivity contribution in [2.75, 3.05) is 6.54 Å². The van der Waals surface area contributed by atoms with E-state index in [9.17, 15) is 8.42 Å². The van der Waals surface area contributed by atoms with Crippen LogP contribution in [0.2, 0.25) is 0 Å². The zero-order chi connectivity index (χ0) is 15.3. The van der Waals surface area contributed by atoms with Gasteiger partial charge in [-0.05, 0) is 18.1 Å². The molecular weight excluding hydrogens is 290 g/mol. The Balaban J connectivity index is 1.88. The molecule has 21 heavy (non-hydrogen) atoms. The zero-order valence-corrected chi connectivity index (χ0v) is 12.9. The first kappa shape index (κ1) is 15.7. The second-order valence-electron chi connectivity index (χ2n) is 5.16. The molecular formula is C14H19N3O3S. The maximum atomic E-state index is 12.0. The van der Waals surface area contributed by atoms with Crippen LogP contribution in [0.4, 0.5) is 0 Å². The Labute approximate surface area is 124 Å². The van der Waals surface area contributed by atoms with Gasteiger partial charge in [-0.3, -0.25) is 0 Å². The normalized spacial score (nSPS) is 12.0. The van der Waals surface area contributed by atoms with Crippen LogP contribution >= 0.6 is 0 Å². The number of nitrogens with one attached hydrogen (secondary N) is 1. The van der Waals surface area contributed by atoms with Crippen LogP contribution in [0.1, 0.15) is 25.6 Å². The minimum Gasteiger partial charge on any atom is -0.339 e. The van der Waals surface area contributed by atoms with E-state index in [0.29, 0.717) is 24.1 Å². The summed E-state index contributed by atoms with van der Waals surface area (Å²) in [4.78, 5) is 4.48. The molecule has 0 aliphatic heterocycles. The molecule has 1 heterocycles. The van der Waals surface area contributed by atoms with Gasteiger partial charge >= 0.3 is 0 Å². The summed E-state index contributed by atoms with van der Waals surface area (Å²) in [5.41, 5.74) is 0. The molecule has 0 aliphatic carbocycles. The molecule has 0 unspecified atom stereocenters. The third-order valence-corrected chi connectivity index (χ3v) is 4.26. The lowest BCUT2D eigenvalue weighted by Gasteiger charge is -2.04. The lowest BCUT2D eigenvalue weighted by molar-refractivity contribution is 0.371. The van der Waals surface area contributed by atoms with E-state index in [0.717, 1.165) is 6.42 Å². The summed E-state index contributed by atoms with van der Waals surface area (Å²) in [6.07, 6.45) is 1.12. The highest BCUT2D eigenvalue weighted by Gasteiger charge is 2.14. The summed E-state index contributed by atoms with van der Waals surface area (Å²) in [7, 11) is -3.48. The van der Waals surface area contributed by atoms with E-state index in [2.05, 4.69) is 28.7 Å². The van der Waals surface area contributed by atoms with Crippen molar-refractivity contribution in [3.8, 4) is 0 Å². The van der Waals surface area contributed by atoms with Gasteiger partial charge in [-0.2, -0.15) is 4.98 Å². The Morgan fingerprint density at radius 2 is 1.95 bits per heavy atom. The topological polar surface area (TPSA) is 85.1 Å². The van der Waals surface area contributed by atoms with E-state index in [1.165, 1.54) is 0 Å². The molecule has 0 radical (unpaired) electrons. The first-order valence-electron chi connectivity index (χ1n) is 6.83. The predicted molar refractivity (Wildman–Crippen MR) is 78.2 cm³/mol. The quantitative estimate of drug-likeness (QED) is 0.843. The Morgan fingerprint density at radius 3 is 2.62 bits per heavy atom. The van der Waals surface area contributed by atoms with Crippen LogP contribution in [-0.4, -0.2) is 25.1 Å². The second-order valence-corrected chi connectivity index (χ2v) is 6.93. The molecule has 0 atom stereocenters. The first-order valence-corrected chi connectivity index (χ1v) is 8.32. The van der Waals surface area contributed by atoms with Gasteiger partial charge < -0.3 is 4.52 Å². The van der Waals surface area contributed by atoms with Gasteiger partial charge in [0, 0.05) is 19.4 Å². The van der Waals surface area contributed by atoms with Crippen molar-refractivity contribution >= 4 is 10.0 Å². The van der Waals surface area contributed by atoms with Crippen molar-refractivity contribution in [3.63, 3.8) is 0 Å². The van der Waals surface area contributed by atoms with E-state index >= 15 is 0 Å². The van der Waals surface area contributed by atoms with E-state index in [-0.39, 0.29) is 11.4 Å². The molecule has 2 aromatic rings. The zero-order valence-electron chi connectivity index (χ0n) is 12.1. The Hall–Kier alpha value is -1.73. The highest BCUT2D eigenvalue weighted by atomic mass is 32.2. The predicted octanol–water partition coefficient (Wildman–Crippen LogP) is 1.79. The molecule has 114 valence electrons. The highest BCUT2D eigenvalue weighted by Crippen LogP contribution is 2.08. The number of benzene rings is 1. The number of sulfonamides is 1. The molecule has 0 saturated heterocycles. The number of rotatable bonds is 7. The van der Waals surface area contributed by atoms with Crippen molar-refractivity contribution in [1.29, 1.82) is 0 Å². The second kappa shape index (κ2) is 6.82. The van der Waals surface area contributed by atoms with Gasteiger partial charge in [0.2, 0.25) is 15.9 Å². The van der Waals surface area contributed by atoms with Crippen LogP contribution in [-0.2, 0) is 22.9 Å². The largest absolute Gasteiger partial charge is 0.339 e. The smallest absolute Gasteiger partial charge is 0.240 e. The third kappa shape index (κ3) is 4.64. The highest BCUT2D eigenvalue weighted by molar-refractivity contribution is 7.89. The average Bonchev–Trinajstić information content (AvgIpc) is 2.86. The minimum absolute atomic E-state index is 0.223. The molecule has 0 aliphatic rings. The van der Waals surface area contributed by atoms with E-state index in [4.69, 9.17) is 4.52 Å². The molecule has 0 bridgehead atoms.